The fraction of sp³-hybridized carbons (Fsp3) is 0.333. The first kappa shape index (κ1) is 25.2. The lowest BCUT2D eigenvalue weighted by Crippen LogP contribution is -2.48. The van der Waals surface area contributed by atoms with E-state index in [1.807, 2.05) is 13.0 Å². The fourth-order valence-corrected chi connectivity index (χ4v) is 4.90. The first-order valence-electron chi connectivity index (χ1n) is 9.24. The van der Waals surface area contributed by atoms with E-state index in [9.17, 15) is 9.59 Å². The number of hydrogen-bond acceptors (Lipinski definition) is 3. The summed E-state index contributed by atoms with van der Waals surface area (Å²) in [6, 6.07) is 9.80. The number of likely N-dealkylation sites (N-methyl/N-ethyl adjacent to an activating group) is 1. The second-order valence-corrected chi connectivity index (χ2v) is 9.13. The molecule has 2 rings (SSSR count). The molecule has 2 aromatic carbocycles. The Bertz CT molecular complexity index is 890. The first-order chi connectivity index (χ1) is 14.3. The minimum Gasteiger partial charge on any atom is -0.357 e. The molecule has 0 aromatic heterocycles. The van der Waals surface area contributed by atoms with Gasteiger partial charge in [0.1, 0.15) is 6.04 Å². The minimum atomic E-state index is -0.630. The van der Waals surface area contributed by atoms with E-state index in [1.165, 1.54) is 16.7 Å². The number of carbonyl (C=O) groups is 2. The van der Waals surface area contributed by atoms with Gasteiger partial charge in [0.05, 0.1) is 5.75 Å². The van der Waals surface area contributed by atoms with Gasteiger partial charge in [-0.05, 0) is 36.2 Å². The summed E-state index contributed by atoms with van der Waals surface area (Å²) in [5, 5.41) is 4.64. The number of nitrogens with one attached hydrogen (secondary N) is 1. The molecular weight excluding hydrogens is 486 g/mol. The Morgan fingerprint density at radius 3 is 2.30 bits per heavy atom. The van der Waals surface area contributed by atoms with E-state index >= 15 is 0 Å². The van der Waals surface area contributed by atoms with Gasteiger partial charge in [-0.1, -0.05) is 65.5 Å². The molecule has 0 bridgehead atoms. The largest absolute Gasteiger partial charge is 0.357 e. The summed E-state index contributed by atoms with van der Waals surface area (Å²) in [7, 11) is 1.55. The summed E-state index contributed by atoms with van der Waals surface area (Å²) < 4.78 is 0. The molecule has 0 saturated carbocycles. The van der Waals surface area contributed by atoms with Gasteiger partial charge in [0, 0.05) is 45.0 Å². The predicted molar refractivity (Wildman–Crippen MR) is 128 cm³/mol. The second-order valence-electron chi connectivity index (χ2n) is 6.49. The molecule has 0 spiro atoms. The van der Waals surface area contributed by atoms with E-state index in [4.69, 9.17) is 46.4 Å². The molecule has 0 saturated heterocycles. The number of thioether (sulfide) groups is 1. The summed E-state index contributed by atoms with van der Waals surface area (Å²) in [4.78, 5) is 27.0. The molecule has 9 heteroatoms. The first-order valence-corrected chi connectivity index (χ1v) is 11.9. The Morgan fingerprint density at radius 2 is 1.73 bits per heavy atom. The predicted octanol–water partition coefficient (Wildman–Crippen LogP) is 6.09. The maximum absolute atomic E-state index is 13.1. The summed E-state index contributed by atoms with van der Waals surface area (Å²) in [6.07, 6.45) is 0.459. The molecule has 0 heterocycles. The quantitative estimate of drug-likeness (QED) is 0.447. The topological polar surface area (TPSA) is 49.4 Å². The van der Waals surface area contributed by atoms with Crippen LogP contribution in [0.25, 0.3) is 0 Å². The molecule has 0 radical (unpaired) electrons. The molecule has 4 nitrogen and oxygen atoms in total. The van der Waals surface area contributed by atoms with E-state index in [-0.39, 0.29) is 24.1 Å². The number of rotatable bonds is 9. The van der Waals surface area contributed by atoms with Crippen LogP contribution < -0.4 is 5.32 Å². The van der Waals surface area contributed by atoms with Crippen molar-refractivity contribution >= 4 is 70.0 Å². The van der Waals surface area contributed by atoms with E-state index in [0.717, 1.165) is 5.56 Å². The van der Waals surface area contributed by atoms with Crippen LogP contribution >= 0.6 is 58.2 Å². The van der Waals surface area contributed by atoms with E-state index in [0.29, 0.717) is 37.8 Å². The van der Waals surface area contributed by atoms with Gasteiger partial charge in [0.2, 0.25) is 11.8 Å². The van der Waals surface area contributed by atoms with Gasteiger partial charge in [-0.25, -0.2) is 0 Å². The van der Waals surface area contributed by atoms with Crippen molar-refractivity contribution in [1.29, 1.82) is 0 Å². The van der Waals surface area contributed by atoms with E-state index in [2.05, 4.69) is 5.32 Å². The molecule has 0 aliphatic rings. The van der Waals surface area contributed by atoms with Gasteiger partial charge in [0.25, 0.3) is 0 Å². The highest BCUT2D eigenvalue weighted by atomic mass is 35.5. The normalized spacial score (nSPS) is 11.8. The monoisotopic (exact) mass is 506 g/mol. The smallest absolute Gasteiger partial charge is 0.242 e. The van der Waals surface area contributed by atoms with Crippen molar-refractivity contribution in [1.82, 2.24) is 10.2 Å². The Balaban J connectivity index is 2.18. The Labute approximate surface area is 201 Å². The van der Waals surface area contributed by atoms with Crippen molar-refractivity contribution < 1.29 is 9.59 Å². The van der Waals surface area contributed by atoms with Crippen LogP contribution in [-0.4, -0.2) is 35.6 Å². The van der Waals surface area contributed by atoms with Crippen LogP contribution in [0.4, 0.5) is 0 Å². The molecule has 2 aromatic rings. The SMILES string of the molecule is CCC(C(=O)NC)N(Cc1c(Cl)cccc1Cl)C(=O)CSCc1ccc(Cl)cc1Cl. The number of amides is 2. The molecule has 2 amide bonds. The zero-order chi connectivity index (χ0) is 22.3. The van der Waals surface area contributed by atoms with Crippen LogP contribution in [0.15, 0.2) is 36.4 Å². The summed E-state index contributed by atoms with van der Waals surface area (Å²) in [5.74, 6) is 0.296. The average molecular weight is 508 g/mol. The van der Waals surface area contributed by atoms with Crippen LogP contribution in [0, 0.1) is 0 Å². The molecule has 0 aliphatic carbocycles. The molecule has 0 aliphatic heterocycles. The zero-order valence-electron chi connectivity index (χ0n) is 16.6. The van der Waals surface area contributed by atoms with Gasteiger partial charge in [-0.2, -0.15) is 0 Å². The molecule has 0 fully saturated rings. The van der Waals surface area contributed by atoms with Crippen molar-refractivity contribution in [2.75, 3.05) is 12.8 Å². The Hall–Kier alpha value is -1.11. The van der Waals surface area contributed by atoms with Gasteiger partial charge in [-0.3, -0.25) is 9.59 Å². The number of nitrogens with zero attached hydrogens (tertiary/aromatic N) is 1. The van der Waals surface area contributed by atoms with Gasteiger partial charge in [0.15, 0.2) is 0 Å². The summed E-state index contributed by atoms with van der Waals surface area (Å²) in [6.45, 7) is 2.00. The van der Waals surface area contributed by atoms with Crippen molar-refractivity contribution in [3.8, 4) is 0 Å². The Kier molecular flexibility index (Phi) is 10.1. The van der Waals surface area contributed by atoms with Gasteiger partial charge in [-0.15, -0.1) is 11.8 Å². The molecule has 162 valence electrons. The zero-order valence-corrected chi connectivity index (χ0v) is 20.4. The molecule has 1 atom stereocenters. The third kappa shape index (κ3) is 6.69. The van der Waals surface area contributed by atoms with Crippen molar-refractivity contribution in [2.45, 2.75) is 31.7 Å². The number of halogens is 4. The van der Waals surface area contributed by atoms with Crippen LogP contribution in [0.2, 0.25) is 20.1 Å². The van der Waals surface area contributed by atoms with Crippen LogP contribution in [0.3, 0.4) is 0 Å². The number of carbonyl (C=O) groups excluding carboxylic acids is 2. The lowest BCUT2D eigenvalue weighted by Gasteiger charge is -2.30. The highest BCUT2D eigenvalue weighted by molar-refractivity contribution is 7.99. The summed E-state index contributed by atoms with van der Waals surface area (Å²) in [5.41, 5.74) is 1.50. The molecular formula is C21H22Cl4N2O2S. The molecule has 30 heavy (non-hydrogen) atoms. The van der Waals surface area contributed by atoms with Crippen LogP contribution in [-0.2, 0) is 21.9 Å². The van der Waals surface area contributed by atoms with E-state index in [1.54, 1.807) is 37.4 Å². The van der Waals surface area contributed by atoms with Gasteiger partial charge < -0.3 is 10.2 Å². The summed E-state index contributed by atoms with van der Waals surface area (Å²) >= 11 is 26.1. The fourth-order valence-electron chi connectivity index (χ4n) is 2.91. The number of benzene rings is 2. The molecule has 1 unspecified atom stereocenters. The lowest BCUT2D eigenvalue weighted by molar-refractivity contribution is -0.139. The van der Waals surface area contributed by atoms with Crippen molar-refractivity contribution in [3.05, 3.63) is 67.6 Å². The number of hydrogen-bond donors (Lipinski definition) is 1. The highest BCUT2D eigenvalue weighted by Gasteiger charge is 2.29. The van der Waals surface area contributed by atoms with Crippen molar-refractivity contribution in [3.63, 3.8) is 0 Å². The van der Waals surface area contributed by atoms with Crippen LogP contribution in [0.5, 0.6) is 0 Å². The maximum Gasteiger partial charge on any atom is 0.242 e. The standard InChI is InChI=1S/C21H22Cl4N2O2S/c1-3-19(21(29)26-2)27(10-15-16(23)5-4-6-17(15)24)20(28)12-30-11-13-7-8-14(22)9-18(13)25/h4-9,19H,3,10-12H2,1-2H3,(H,26,29). The van der Waals surface area contributed by atoms with Crippen LogP contribution in [0.1, 0.15) is 24.5 Å². The van der Waals surface area contributed by atoms with Gasteiger partial charge >= 0.3 is 0 Å². The maximum atomic E-state index is 13.1. The highest BCUT2D eigenvalue weighted by Crippen LogP contribution is 2.28. The third-order valence-corrected chi connectivity index (χ3v) is 6.78. The third-order valence-electron chi connectivity index (χ3n) is 4.52. The van der Waals surface area contributed by atoms with E-state index < -0.39 is 6.04 Å². The molecule has 1 N–H and O–H groups in total. The van der Waals surface area contributed by atoms with Crippen molar-refractivity contribution in [2.24, 2.45) is 0 Å². The minimum absolute atomic E-state index is 0.144. The second kappa shape index (κ2) is 12.1. The Morgan fingerprint density at radius 1 is 1.07 bits per heavy atom. The average Bonchev–Trinajstić information content (AvgIpc) is 2.71. The lowest BCUT2D eigenvalue weighted by atomic mass is 10.1.